The van der Waals surface area contributed by atoms with Gasteiger partial charge in [0.2, 0.25) is 0 Å². The molecule has 202 valence electrons. The van der Waals surface area contributed by atoms with E-state index in [1.54, 1.807) is 0 Å². The SMILES string of the molecule is CC(C)[Si](Oc1ccc2c(c1)CC[C@H](c1ccccc1)[C@@H]2c1ccc(NC2CNC2)cc1)(C(C)C)C(C)C. The van der Waals surface area contributed by atoms with E-state index in [2.05, 4.69) is 125 Å². The Balaban J connectivity index is 1.50. The lowest BCUT2D eigenvalue weighted by molar-refractivity contribution is 0.472. The van der Waals surface area contributed by atoms with Crippen molar-refractivity contribution in [1.29, 1.82) is 0 Å². The normalized spacial score (nSPS) is 19.9. The van der Waals surface area contributed by atoms with E-state index < -0.39 is 8.32 Å². The van der Waals surface area contributed by atoms with E-state index in [1.807, 2.05) is 0 Å². The average molecular weight is 527 g/mol. The fraction of sp³-hybridized carbons (Fsp3) is 0.471. The van der Waals surface area contributed by atoms with Crippen molar-refractivity contribution in [3.05, 3.63) is 95.1 Å². The maximum Gasteiger partial charge on any atom is 0.258 e. The molecule has 38 heavy (non-hydrogen) atoms. The molecule has 4 heteroatoms. The molecule has 0 spiro atoms. The van der Waals surface area contributed by atoms with E-state index in [1.165, 1.54) is 27.9 Å². The van der Waals surface area contributed by atoms with Crippen LogP contribution in [-0.2, 0) is 6.42 Å². The summed E-state index contributed by atoms with van der Waals surface area (Å²) >= 11 is 0. The minimum Gasteiger partial charge on any atom is -0.543 e. The number of nitrogens with one attached hydrogen (secondary N) is 2. The molecule has 0 bridgehead atoms. The Labute approximate surface area is 231 Å². The molecule has 3 aromatic carbocycles. The van der Waals surface area contributed by atoms with Gasteiger partial charge in [-0.1, -0.05) is 90.1 Å². The van der Waals surface area contributed by atoms with Crippen LogP contribution in [0, 0.1) is 0 Å². The lowest BCUT2D eigenvalue weighted by Gasteiger charge is -2.42. The van der Waals surface area contributed by atoms with Crippen LogP contribution in [0.2, 0.25) is 16.6 Å². The molecule has 0 amide bonds. The van der Waals surface area contributed by atoms with E-state index >= 15 is 0 Å². The van der Waals surface area contributed by atoms with E-state index in [-0.39, 0.29) is 0 Å². The fourth-order valence-electron chi connectivity index (χ4n) is 7.30. The largest absolute Gasteiger partial charge is 0.543 e. The number of rotatable bonds is 9. The molecule has 0 radical (unpaired) electrons. The highest BCUT2D eigenvalue weighted by atomic mass is 28.4. The van der Waals surface area contributed by atoms with Crippen LogP contribution in [0.3, 0.4) is 0 Å². The molecule has 1 saturated heterocycles. The van der Waals surface area contributed by atoms with Crippen molar-refractivity contribution >= 4 is 14.0 Å². The highest BCUT2D eigenvalue weighted by molar-refractivity contribution is 6.78. The Morgan fingerprint density at radius 3 is 2.03 bits per heavy atom. The first kappa shape index (κ1) is 27.0. The van der Waals surface area contributed by atoms with Gasteiger partial charge in [0, 0.05) is 24.7 Å². The molecule has 5 rings (SSSR count). The van der Waals surface area contributed by atoms with Crippen LogP contribution >= 0.6 is 0 Å². The Kier molecular flexibility index (Phi) is 8.02. The summed E-state index contributed by atoms with van der Waals surface area (Å²) in [5.41, 5.74) is 8.69. The van der Waals surface area contributed by atoms with Gasteiger partial charge in [-0.2, -0.15) is 0 Å². The lowest BCUT2D eigenvalue weighted by Crippen LogP contribution is -2.51. The molecule has 0 saturated carbocycles. The van der Waals surface area contributed by atoms with Gasteiger partial charge in [-0.3, -0.25) is 0 Å². The first-order valence-electron chi connectivity index (χ1n) is 14.7. The highest BCUT2D eigenvalue weighted by Gasteiger charge is 2.47. The average Bonchev–Trinajstić information content (AvgIpc) is 2.89. The monoisotopic (exact) mass is 526 g/mol. The zero-order valence-corrected chi connectivity index (χ0v) is 25.1. The third kappa shape index (κ3) is 5.18. The Morgan fingerprint density at radius 2 is 1.45 bits per heavy atom. The topological polar surface area (TPSA) is 33.3 Å². The summed E-state index contributed by atoms with van der Waals surface area (Å²) < 4.78 is 7.10. The zero-order valence-electron chi connectivity index (χ0n) is 24.1. The highest BCUT2D eigenvalue weighted by Crippen LogP contribution is 2.48. The molecule has 2 N–H and O–H groups in total. The third-order valence-corrected chi connectivity index (χ3v) is 15.2. The van der Waals surface area contributed by atoms with Gasteiger partial charge >= 0.3 is 0 Å². The minimum atomic E-state index is -1.99. The predicted molar refractivity (Wildman–Crippen MR) is 164 cm³/mol. The van der Waals surface area contributed by atoms with Gasteiger partial charge < -0.3 is 15.1 Å². The summed E-state index contributed by atoms with van der Waals surface area (Å²) in [7, 11) is -1.99. The van der Waals surface area contributed by atoms with Gasteiger partial charge in [-0.05, 0) is 81.9 Å². The lowest BCUT2D eigenvalue weighted by atomic mass is 9.69. The van der Waals surface area contributed by atoms with Crippen LogP contribution in [0.25, 0.3) is 0 Å². The molecule has 3 nitrogen and oxygen atoms in total. The summed E-state index contributed by atoms with van der Waals surface area (Å²) in [6.45, 7) is 16.3. The van der Waals surface area contributed by atoms with E-state index in [4.69, 9.17) is 4.43 Å². The van der Waals surface area contributed by atoms with Crippen molar-refractivity contribution in [1.82, 2.24) is 5.32 Å². The van der Waals surface area contributed by atoms with Gasteiger partial charge in [0.1, 0.15) is 5.75 Å². The molecule has 2 aliphatic rings. The molecule has 2 atom stereocenters. The molecule has 1 heterocycles. The van der Waals surface area contributed by atoms with E-state index in [9.17, 15) is 0 Å². The third-order valence-electron chi connectivity index (χ3n) is 9.23. The molecule has 1 fully saturated rings. The fourth-order valence-corrected chi connectivity index (χ4v) is 12.5. The maximum atomic E-state index is 7.10. The number of benzene rings is 3. The van der Waals surface area contributed by atoms with Gasteiger partial charge in [-0.15, -0.1) is 0 Å². The Morgan fingerprint density at radius 1 is 0.789 bits per heavy atom. The number of hydrogen-bond acceptors (Lipinski definition) is 3. The number of aryl methyl sites for hydroxylation is 1. The smallest absolute Gasteiger partial charge is 0.258 e. The Bertz CT molecular complexity index is 1180. The van der Waals surface area contributed by atoms with Gasteiger partial charge in [0.25, 0.3) is 8.32 Å². The molecule has 1 aliphatic heterocycles. The number of fused-ring (bicyclic) bond motifs is 1. The van der Waals surface area contributed by atoms with Crippen molar-refractivity contribution in [3.63, 3.8) is 0 Å². The van der Waals surface area contributed by atoms with Crippen LogP contribution in [0.5, 0.6) is 5.75 Å². The predicted octanol–water partition coefficient (Wildman–Crippen LogP) is 8.49. The quantitative estimate of drug-likeness (QED) is 0.274. The molecule has 0 unspecified atom stereocenters. The summed E-state index contributed by atoms with van der Waals surface area (Å²) in [5, 5.41) is 7.00. The first-order valence-corrected chi connectivity index (χ1v) is 16.9. The zero-order chi connectivity index (χ0) is 26.9. The van der Waals surface area contributed by atoms with Crippen LogP contribution in [0.15, 0.2) is 72.8 Å². The van der Waals surface area contributed by atoms with Crippen molar-refractivity contribution in [2.24, 2.45) is 0 Å². The van der Waals surface area contributed by atoms with Crippen LogP contribution in [-0.4, -0.2) is 27.4 Å². The maximum absolute atomic E-state index is 7.10. The summed E-state index contributed by atoms with van der Waals surface area (Å²) in [6.07, 6.45) is 2.25. The van der Waals surface area contributed by atoms with Crippen molar-refractivity contribution in [3.8, 4) is 5.75 Å². The standard InChI is InChI=1S/C34H46N2OSi/c1-23(2)38(24(3)4,25(5)6)37-31-17-19-33-28(20-31)14-18-32(26-10-8-7-9-11-26)34(33)27-12-15-29(16-13-27)36-30-21-35-22-30/h7-13,15-17,19-20,23-25,30,32,34-36H,14,18,21-22H2,1-6H3/t32-,34+/m1/s1. The van der Waals surface area contributed by atoms with E-state index in [0.717, 1.165) is 31.7 Å². The summed E-state index contributed by atoms with van der Waals surface area (Å²) in [5.74, 6) is 1.90. The second-order valence-electron chi connectivity index (χ2n) is 12.4. The van der Waals surface area contributed by atoms with Crippen molar-refractivity contribution in [2.45, 2.75) is 88.9 Å². The van der Waals surface area contributed by atoms with Gasteiger partial charge in [-0.25, -0.2) is 0 Å². The second kappa shape index (κ2) is 11.3. The minimum absolute atomic E-state index is 0.344. The van der Waals surface area contributed by atoms with Crippen molar-refractivity contribution < 1.29 is 4.43 Å². The molecular formula is C34H46N2OSi. The molecule has 3 aromatic rings. The Hall–Kier alpha value is -2.56. The van der Waals surface area contributed by atoms with Crippen molar-refractivity contribution in [2.75, 3.05) is 18.4 Å². The summed E-state index contributed by atoms with van der Waals surface area (Å²) in [6, 6.07) is 28.0. The van der Waals surface area contributed by atoms with E-state index in [0.29, 0.717) is 34.5 Å². The summed E-state index contributed by atoms with van der Waals surface area (Å²) in [4.78, 5) is 0. The second-order valence-corrected chi connectivity index (χ2v) is 17.8. The first-order chi connectivity index (χ1) is 18.3. The van der Waals surface area contributed by atoms with Gasteiger partial charge in [0.15, 0.2) is 0 Å². The van der Waals surface area contributed by atoms with Gasteiger partial charge in [0.05, 0.1) is 6.04 Å². The molecule has 0 aromatic heterocycles. The molecule has 1 aliphatic carbocycles. The molecular weight excluding hydrogens is 480 g/mol. The van der Waals surface area contributed by atoms with Crippen LogP contribution in [0.1, 0.15) is 82.1 Å². The van der Waals surface area contributed by atoms with Crippen LogP contribution in [0.4, 0.5) is 5.69 Å². The number of anilines is 1. The number of hydrogen-bond donors (Lipinski definition) is 2. The van der Waals surface area contributed by atoms with Crippen LogP contribution < -0.4 is 15.1 Å².